The van der Waals surface area contributed by atoms with Gasteiger partial charge in [-0.05, 0) is 27.3 Å². The lowest BCUT2D eigenvalue weighted by Crippen LogP contribution is -2.34. The first kappa shape index (κ1) is 14.2. The maximum absolute atomic E-state index is 8.44. The van der Waals surface area contributed by atoms with Gasteiger partial charge in [-0.25, -0.2) is 0 Å². The monoisotopic (exact) mass is 217 g/mol. The molecule has 0 aliphatic rings. The SMILES string of the molecule is CCOCCCN(C)C(C)CC(N)=NO. The van der Waals surface area contributed by atoms with Gasteiger partial charge >= 0.3 is 0 Å². The summed E-state index contributed by atoms with van der Waals surface area (Å²) in [4.78, 5) is 2.18. The van der Waals surface area contributed by atoms with E-state index in [-0.39, 0.29) is 11.9 Å². The van der Waals surface area contributed by atoms with Gasteiger partial charge in [-0.3, -0.25) is 0 Å². The van der Waals surface area contributed by atoms with Gasteiger partial charge in [0.15, 0.2) is 0 Å². The van der Waals surface area contributed by atoms with E-state index in [9.17, 15) is 0 Å². The summed E-state index contributed by atoms with van der Waals surface area (Å²) in [5.41, 5.74) is 5.44. The molecule has 0 saturated carbocycles. The molecule has 0 aromatic rings. The number of nitrogens with zero attached hydrogens (tertiary/aromatic N) is 2. The molecule has 0 aliphatic carbocycles. The van der Waals surface area contributed by atoms with Crippen LogP contribution in [-0.2, 0) is 4.74 Å². The quantitative estimate of drug-likeness (QED) is 0.208. The van der Waals surface area contributed by atoms with Crippen molar-refractivity contribution in [1.29, 1.82) is 0 Å². The van der Waals surface area contributed by atoms with Crippen molar-refractivity contribution in [3.63, 3.8) is 0 Å². The van der Waals surface area contributed by atoms with Crippen LogP contribution in [0.3, 0.4) is 0 Å². The summed E-state index contributed by atoms with van der Waals surface area (Å²) in [6.45, 7) is 6.56. The van der Waals surface area contributed by atoms with E-state index in [1.165, 1.54) is 0 Å². The molecule has 0 aromatic carbocycles. The number of oxime groups is 1. The topological polar surface area (TPSA) is 71.1 Å². The maximum Gasteiger partial charge on any atom is 0.140 e. The van der Waals surface area contributed by atoms with Crippen LogP contribution in [0.15, 0.2) is 5.16 Å². The fourth-order valence-corrected chi connectivity index (χ4v) is 1.28. The van der Waals surface area contributed by atoms with Gasteiger partial charge in [-0.2, -0.15) is 0 Å². The molecule has 0 aliphatic heterocycles. The summed E-state index contributed by atoms with van der Waals surface area (Å²) in [5.74, 6) is 0.277. The summed E-state index contributed by atoms with van der Waals surface area (Å²) in [5, 5.41) is 11.4. The molecular formula is C10H23N3O2. The van der Waals surface area contributed by atoms with Crippen LogP contribution in [0, 0.1) is 0 Å². The number of hydrogen-bond acceptors (Lipinski definition) is 4. The Hall–Kier alpha value is -0.810. The van der Waals surface area contributed by atoms with E-state index in [0.717, 1.165) is 26.2 Å². The zero-order valence-electron chi connectivity index (χ0n) is 9.94. The molecule has 0 amide bonds. The lowest BCUT2D eigenvalue weighted by atomic mass is 10.2. The molecule has 0 aromatic heterocycles. The largest absolute Gasteiger partial charge is 0.409 e. The minimum absolute atomic E-state index is 0.277. The zero-order chi connectivity index (χ0) is 11.7. The molecule has 0 bridgehead atoms. The van der Waals surface area contributed by atoms with Crippen molar-refractivity contribution >= 4 is 5.84 Å². The molecule has 0 rings (SSSR count). The Balaban J connectivity index is 3.64. The first-order valence-electron chi connectivity index (χ1n) is 5.36. The van der Waals surface area contributed by atoms with Crippen LogP contribution >= 0.6 is 0 Å². The van der Waals surface area contributed by atoms with E-state index in [4.69, 9.17) is 15.7 Å². The molecule has 0 fully saturated rings. The van der Waals surface area contributed by atoms with E-state index in [0.29, 0.717) is 6.42 Å². The van der Waals surface area contributed by atoms with E-state index < -0.39 is 0 Å². The van der Waals surface area contributed by atoms with Crippen LogP contribution in [0.1, 0.15) is 26.7 Å². The smallest absolute Gasteiger partial charge is 0.140 e. The number of hydrogen-bond donors (Lipinski definition) is 2. The average molecular weight is 217 g/mol. The molecule has 0 spiro atoms. The molecule has 0 heterocycles. The van der Waals surface area contributed by atoms with E-state index in [1.807, 2.05) is 14.0 Å². The maximum atomic E-state index is 8.44. The third kappa shape index (κ3) is 7.16. The molecule has 1 atom stereocenters. The number of amidine groups is 1. The van der Waals surface area contributed by atoms with Crippen molar-refractivity contribution in [2.75, 3.05) is 26.8 Å². The Bertz CT molecular complexity index is 186. The van der Waals surface area contributed by atoms with E-state index in [2.05, 4.69) is 17.0 Å². The van der Waals surface area contributed by atoms with Gasteiger partial charge in [-0.1, -0.05) is 5.16 Å². The highest BCUT2D eigenvalue weighted by molar-refractivity contribution is 5.80. The lowest BCUT2D eigenvalue weighted by Gasteiger charge is -2.23. The van der Waals surface area contributed by atoms with Crippen LogP contribution in [-0.4, -0.2) is 48.8 Å². The molecule has 90 valence electrons. The fraction of sp³-hybridized carbons (Fsp3) is 0.900. The summed E-state index contributed by atoms with van der Waals surface area (Å²) >= 11 is 0. The minimum Gasteiger partial charge on any atom is -0.409 e. The molecule has 5 heteroatoms. The number of ether oxygens (including phenoxy) is 1. The number of nitrogens with two attached hydrogens (primary N) is 1. The highest BCUT2D eigenvalue weighted by Gasteiger charge is 2.10. The molecule has 15 heavy (non-hydrogen) atoms. The van der Waals surface area contributed by atoms with E-state index in [1.54, 1.807) is 0 Å². The molecule has 0 radical (unpaired) electrons. The first-order valence-corrected chi connectivity index (χ1v) is 5.36. The molecule has 5 nitrogen and oxygen atoms in total. The third-order valence-corrected chi connectivity index (χ3v) is 2.39. The van der Waals surface area contributed by atoms with Crippen LogP contribution in [0.25, 0.3) is 0 Å². The Labute approximate surface area is 91.9 Å². The van der Waals surface area contributed by atoms with Crippen molar-refractivity contribution in [3.8, 4) is 0 Å². The Morgan fingerprint density at radius 2 is 2.27 bits per heavy atom. The van der Waals surface area contributed by atoms with Crippen molar-refractivity contribution in [2.45, 2.75) is 32.7 Å². The second-order valence-corrected chi connectivity index (χ2v) is 3.68. The summed E-state index contributed by atoms with van der Waals surface area (Å²) in [6.07, 6.45) is 1.59. The van der Waals surface area contributed by atoms with Crippen LogP contribution in [0.5, 0.6) is 0 Å². The molecule has 3 N–H and O–H groups in total. The summed E-state index contributed by atoms with van der Waals surface area (Å²) < 4.78 is 5.25. The average Bonchev–Trinajstić information content (AvgIpc) is 2.23. The van der Waals surface area contributed by atoms with Crippen molar-refractivity contribution in [1.82, 2.24) is 4.90 Å². The summed E-state index contributed by atoms with van der Waals surface area (Å²) in [7, 11) is 2.03. The third-order valence-electron chi connectivity index (χ3n) is 2.39. The molecule has 1 unspecified atom stereocenters. The first-order chi connectivity index (χ1) is 7.11. The van der Waals surface area contributed by atoms with Crippen molar-refractivity contribution in [2.24, 2.45) is 10.9 Å². The Morgan fingerprint density at radius 1 is 1.60 bits per heavy atom. The van der Waals surface area contributed by atoms with Crippen molar-refractivity contribution < 1.29 is 9.94 Å². The van der Waals surface area contributed by atoms with Gasteiger partial charge in [0.2, 0.25) is 0 Å². The lowest BCUT2D eigenvalue weighted by molar-refractivity contribution is 0.130. The van der Waals surface area contributed by atoms with Gasteiger partial charge in [0.1, 0.15) is 5.84 Å². The van der Waals surface area contributed by atoms with Crippen LogP contribution in [0.2, 0.25) is 0 Å². The second-order valence-electron chi connectivity index (χ2n) is 3.68. The van der Waals surface area contributed by atoms with Gasteiger partial charge in [0, 0.05) is 32.2 Å². The normalized spacial score (nSPS) is 14.5. The predicted octanol–water partition coefficient (Wildman–Crippen LogP) is 0.870. The Morgan fingerprint density at radius 3 is 2.80 bits per heavy atom. The van der Waals surface area contributed by atoms with E-state index >= 15 is 0 Å². The predicted molar refractivity (Wildman–Crippen MR) is 61.2 cm³/mol. The Kier molecular flexibility index (Phi) is 8.04. The number of rotatable bonds is 8. The highest BCUT2D eigenvalue weighted by atomic mass is 16.5. The van der Waals surface area contributed by atoms with Gasteiger partial charge in [0.25, 0.3) is 0 Å². The van der Waals surface area contributed by atoms with Crippen LogP contribution < -0.4 is 5.73 Å². The zero-order valence-corrected chi connectivity index (χ0v) is 9.94. The van der Waals surface area contributed by atoms with Gasteiger partial charge < -0.3 is 20.6 Å². The highest BCUT2D eigenvalue weighted by Crippen LogP contribution is 2.02. The second kappa shape index (κ2) is 8.49. The molecular weight excluding hydrogens is 194 g/mol. The van der Waals surface area contributed by atoms with Gasteiger partial charge in [-0.15, -0.1) is 0 Å². The minimum atomic E-state index is 0.277. The molecule has 0 saturated heterocycles. The van der Waals surface area contributed by atoms with Crippen LogP contribution in [0.4, 0.5) is 0 Å². The van der Waals surface area contributed by atoms with Gasteiger partial charge in [0.05, 0.1) is 0 Å². The standard InChI is InChI=1S/C10H23N3O2/c1-4-15-7-5-6-13(3)9(2)8-10(11)12-14/h9,14H,4-8H2,1-3H3,(H2,11,12). The summed E-state index contributed by atoms with van der Waals surface area (Å²) in [6, 6.07) is 0.280. The fourth-order valence-electron chi connectivity index (χ4n) is 1.28. The van der Waals surface area contributed by atoms with Crippen molar-refractivity contribution in [3.05, 3.63) is 0 Å².